The van der Waals surface area contributed by atoms with Crippen molar-refractivity contribution in [3.63, 3.8) is 0 Å². The number of hydrogen-bond donors (Lipinski definition) is 2. The Balaban J connectivity index is 1.62. The van der Waals surface area contributed by atoms with Gasteiger partial charge in [-0.25, -0.2) is 4.79 Å². The first-order valence-corrected chi connectivity index (χ1v) is 11.7. The van der Waals surface area contributed by atoms with E-state index in [9.17, 15) is 24.4 Å². The van der Waals surface area contributed by atoms with Crippen LogP contribution in [0.25, 0.3) is 6.08 Å². The molecule has 1 fully saturated rings. The number of carbonyl (C=O) groups is 4. The first-order valence-electron chi connectivity index (χ1n) is 11.7. The van der Waals surface area contributed by atoms with Crippen LogP contribution in [0.5, 0.6) is 5.75 Å². The van der Waals surface area contributed by atoms with Gasteiger partial charge in [-0.2, -0.15) is 5.26 Å². The van der Waals surface area contributed by atoms with Crippen LogP contribution in [0.1, 0.15) is 51.6 Å². The highest BCUT2D eigenvalue weighted by Crippen LogP contribution is 2.23. The van der Waals surface area contributed by atoms with E-state index < -0.39 is 11.9 Å². The van der Waals surface area contributed by atoms with Gasteiger partial charge >= 0.3 is 5.97 Å². The number of methoxy groups -OCH3 is 1. The van der Waals surface area contributed by atoms with E-state index in [-0.39, 0.29) is 36.4 Å². The molecule has 0 radical (unpaired) electrons. The van der Waals surface area contributed by atoms with E-state index in [1.54, 1.807) is 36.4 Å². The van der Waals surface area contributed by atoms with Crippen LogP contribution < -0.4 is 15.4 Å². The molecule has 0 aromatic heterocycles. The Morgan fingerprint density at radius 2 is 1.73 bits per heavy atom. The molecular formula is C27H28N4O6. The molecule has 3 amide bonds. The Morgan fingerprint density at radius 3 is 2.35 bits per heavy atom. The van der Waals surface area contributed by atoms with Crippen LogP contribution in [0.4, 0.5) is 0 Å². The fourth-order valence-corrected chi connectivity index (χ4v) is 3.74. The number of rotatable bonds is 9. The Kier molecular flexibility index (Phi) is 9.38. The molecule has 10 nitrogen and oxygen atoms in total. The molecule has 1 aliphatic rings. The lowest BCUT2D eigenvalue weighted by Crippen LogP contribution is -2.29. The molecule has 0 spiro atoms. The minimum Gasteiger partial charge on any atom is -0.491 e. The van der Waals surface area contributed by atoms with Gasteiger partial charge in [0.25, 0.3) is 11.8 Å². The number of ether oxygens (including phenoxy) is 2. The molecule has 37 heavy (non-hydrogen) atoms. The van der Waals surface area contributed by atoms with Crippen molar-refractivity contribution < 1.29 is 28.7 Å². The quantitative estimate of drug-likeness (QED) is 0.303. The Morgan fingerprint density at radius 1 is 1.05 bits per heavy atom. The van der Waals surface area contributed by atoms with Gasteiger partial charge in [0.05, 0.1) is 25.3 Å². The Hall–Kier alpha value is -4.65. The summed E-state index contributed by atoms with van der Waals surface area (Å²) in [4.78, 5) is 50.3. The van der Waals surface area contributed by atoms with Crippen molar-refractivity contribution in [1.82, 2.24) is 15.5 Å². The summed E-state index contributed by atoms with van der Waals surface area (Å²) >= 11 is 0. The number of hydrogen-bond acceptors (Lipinski definition) is 7. The summed E-state index contributed by atoms with van der Waals surface area (Å²) in [5.74, 6) is -1.27. The lowest BCUT2D eigenvalue weighted by molar-refractivity contribution is -0.137. The number of carbonyl (C=O) groups excluding carboxylic acids is 4. The third-order valence-corrected chi connectivity index (χ3v) is 5.59. The zero-order valence-electron chi connectivity index (χ0n) is 20.7. The fraction of sp³-hybridized carbons (Fsp3) is 0.296. The second kappa shape index (κ2) is 12.9. The summed E-state index contributed by atoms with van der Waals surface area (Å²) in [5.41, 5.74) is 1.62. The van der Waals surface area contributed by atoms with Crippen molar-refractivity contribution in [3.05, 3.63) is 70.4 Å². The van der Waals surface area contributed by atoms with Crippen molar-refractivity contribution in [2.75, 3.05) is 33.4 Å². The zero-order chi connectivity index (χ0) is 26.8. The molecule has 2 aromatic rings. The summed E-state index contributed by atoms with van der Waals surface area (Å²) in [6, 6.07) is 13.1. The highest BCUT2D eigenvalue weighted by molar-refractivity contribution is 5.98. The lowest BCUT2D eigenvalue weighted by atomic mass is 10.1. The van der Waals surface area contributed by atoms with Gasteiger partial charge in [-0.3, -0.25) is 14.4 Å². The van der Waals surface area contributed by atoms with Crippen molar-refractivity contribution >= 4 is 29.8 Å². The van der Waals surface area contributed by atoms with Crippen molar-refractivity contribution in [2.45, 2.75) is 19.8 Å². The van der Waals surface area contributed by atoms with Gasteiger partial charge in [-0.05, 0) is 61.4 Å². The molecule has 2 aromatic carbocycles. The molecule has 192 valence electrons. The zero-order valence-corrected chi connectivity index (χ0v) is 20.7. The number of nitrogens with zero attached hydrogens (tertiary/aromatic N) is 2. The first kappa shape index (κ1) is 26.9. The van der Waals surface area contributed by atoms with Crippen molar-refractivity contribution in [3.8, 4) is 11.8 Å². The number of benzene rings is 2. The molecule has 1 saturated heterocycles. The second-order valence-electron chi connectivity index (χ2n) is 8.28. The molecule has 1 heterocycles. The molecule has 2 N–H and O–H groups in total. The highest BCUT2D eigenvalue weighted by atomic mass is 16.5. The maximum absolute atomic E-state index is 12.5. The van der Waals surface area contributed by atoms with E-state index >= 15 is 0 Å². The lowest BCUT2D eigenvalue weighted by Gasteiger charge is -2.15. The predicted octanol–water partition coefficient (Wildman–Crippen LogP) is 2.25. The van der Waals surface area contributed by atoms with E-state index in [2.05, 4.69) is 10.6 Å². The van der Waals surface area contributed by atoms with Crippen LogP contribution >= 0.6 is 0 Å². The second-order valence-corrected chi connectivity index (χ2v) is 8.28. The summed E-state index contributed by atoms with van der Waals surface area (Å²) in [6.07, 6.45) is 3.40. The molecule has 0 saturated carbocycles. The monoisotopic (exact) mass is 504 g/mol. The number of likely N-dealkylation sites (tertiary alicyclic amines) is 1. The summed E-state index contributed by atoms with van der Waals surface area (Å²) in [6.45, 7) is 3.00. The average Bonchev–Trinajstić information content (AvgIpc) is 3.45. The number of nitriles is 1. The van der Waals surface area contributed by atoms with E-state index in [0.717, 1.165) is 25.9 Å². The predicted molar refractivity (Wildman–Crippen MR) is 134 cm³/mol. The largest absolute Gasteiger partial charge is 0.491 e. The first-order chi connectivity index (χ1) is 17.8. The smallest absolute Gasteiger partial charge is 0.354 e. The number of nitrogens with one attached hydrogen (secondary N) is 2. The highest BCUT2D eigenvalue weighted by Gasteiger charge is 2.19. The van der Waals surface area contributed by atoms with Gasteiger partial charge in [0, 0.05) is 36.7 Å². The maximum Gasteiger partial charge on any atom is 0.354 e. The van der Waals surface area contributed by atoms with Crippen LogP contribution in [0.2, 0.25) is 0 Å². The fourth-order valence-electron chi connectivity index (χ4n) is 3.74. The molecule has 0 aliphatic carbocycles. The average molecular weight is 505 g/mol. The third kappa shape index (κ3) is 7.41. The molecular weight excluding hydrogens is 476 g/mol. The minimum absolute atomic E-state index is 0.0313. The molecule has 0 atom stereocenters. The van der Waals surface area contributed by atoms with Gasteiger partial charge in [0.2, 0.25) is 5.91 Å². The van der Waals surface area contributed by atoms with Gasteiger partial charge in [0.15, 0.2) is 0 Å². The molecule has 0 unspecified atom stereocenters. The van der Waals surface area contributed by atoms with Gasteiger partial charge in [0.1, 0.15) is 18.1 Å². The summed E-state index contributed by atoms with van der Waals surface area (Å²) < 4.78 is 10.5. The SMILES string of the molecule is COC(=O)C(=Cc1ccc(C#N)cc1OCCNC(=O)c1ccc(C(=O)N2CCCC2)cc1)NC(C)=O. The Labute approximate surface area is 214 Å². The van der Waals surface area contributed by atoms with E-state index in [1.807, 2.05) is 11.0 Å². The molecule has 0 bridgehead atoms. The van der Waals surface area contributed by atoms with Crippen LogP contribution in [-0.4, -0.2) is 61.9 Å². The molecule has 1 aliphatic heterocycles. The number of esters is 1. The van der Waals surface area contributed by atoms with Crippen LogP contribution in [0.3, 0.4) is 0 Å². The summed E-state index contributed by atoms with van der Waals surface area (Å²) in [5, 5.41) is 14.4. The maximum atomic E-state index is 12.5. The van der Waals surface area contributed by atoms with Gasteiger partial charge in [-0.15, -0.1) is 0 Å². The van der Waals surface area contributed by atoms with Crippen molar-refractivity contribution in [1.29, 1.82) is 5.26 Å². The topological polar surface area (TPSA) is 138 Å². The van der Waals surface area contributed by atoms with E-state index in [1.165, 1.54) is 26.2 Å². The molecule has 10 heteroatoms. The minimum atomic E-state index is -0.745. The third-order valence-electron chi connectivity index (χ3n) is 5.59. The van der Waals surface area contributed by atoms with Crippen molar-refractivity contribution in [2.24, 2.45) is 0 Å². The standard InChI is InChI=1S/C27H28N4O6/c1-18(32)30-23(27(35)36-2)16-22-6-5-19(17-28)15-24(22)37-14-11-29-25(33)20-7-9-21(10-8-20)26(34)31-12-3-4-13-31/h5-10,15-16H,3-4,11-14H2,1-2H3,(H,29,33)(H,30,32). The van der Waals surface area contributed by atoms with Gasteiger partial charge < -0.3 is 25.0 Å². The van der Waals surface area contributed by atoms with Crippen LogP contribution in [0, 0.1) is 11.3 Å². The van der Waals surface area contributed by atoms with Crippen LogP contribution in [0.15, 0.2) is 48.2 Å². The van der Waals surface area contributed by atoms with E-state index in [4.69, 9.17) is 9.47 Å². The van der Waals surface area contributed by atoms with Crippen LogP contribution in [-0.2, 0) is 14.3 Å². The number of amides is 3. The van der Waals surface area contributed by atoms with E-state index in [0.29, 0.717) is 22.3 Å². The Bertz CT molecular complexity index is 1240. The normalized spacial score (nSPS) is 12.9. The summed E-state index contributed by atoms with van der Waals surface area (Å²) in [7, 11) is 1.19. The molecule has 3 rings (SSSR count). The van der Waals surface area contributed by atoms with Gasteiger partial charge in [-0.1, -0.05) is 0 Å².